The van der Waals surface area contributed by atoms with Gasteiger partial charge in [-0.05, 0) is 106 Å². The lowest BCUT2D eigenvalue weighted by Crippen LogP contribution is -2.50. The second-order valence-electron chi connectivity index (χ2n) is 12.3. The predicted molar refractivity (Wildman–Crippen MR) is 139 cm³/mol. The lowest BCUT2D eigenvalue weighted by molar-refractivity contribution is -0.0408. The van der Waals surface area contributed by atoms with Gasteiger partial charge in [-0.2, -0.15) is 0 Å². The van der Waals surface area contributed by atoms with Crippen LogP contribution in [0.3, 0.4) is 0 Å². The molecule has 0 aromatic carbocycles. The summed E-state index contributed by atoms with van der Waals surface area (Å²) in [5.74, 6) is 4.21. The first-order chi connectivity index (χ1) is 15.3. The highest BCUT2D eigenvalue weighted by Gasteiger charge is 2.58. The van der Waals surface area contributed by atoms with E-state index >= 15 is 0 Å². The molecule has 8 unspecified atom stereocenters. The number of aliphatic imine (C=N–C) groups is 1. The molecule has 1 heterocycles. The summed E-state index contributed by atoms with van der Waals surface area (Å²) in [7, 11) is 0. The predicted octanol–water partition coefficient (Wildman–Crippen LogP) is 7.61. The van der Waals surface area contributed by atoms with E-state index in [2.05, 4.69) is 52.6 Å². The second kappa shape index (κ2) is 9.77. The maximum Gasteiger partial charge on any atom is 0.0403 e. The molecule has 4 aliphatic rings. The van der Waals surface area contributed by atoms with Gasteiger partial charge in [0.05, 0.1) is 0 Å². The fraction of sp³-hybridized carbons (Fsp3) is 0.833. The Kier molecular flexibility index (Phi) is 7.40. The Hall–Kier alpha value is -0.890. The van der Waals surface area contributed by atoms with Crippen molar-refractivity contribution in [3.05, 3.63) is 24.3 Å². The lowest BCUT2D eigenvalue weighted by Gasteiger charge is -2.57. The van der Waals surface area contributed by atoms with Crippen molar-refractivity contribution >= 4 is 5.71 Å². The summed E-state index contributed by atoms with van der Waals surface area (Å²) < 4.78 is 0. The summed E-state index contributed by atoms with van der Waals surface area (Å²) in [6.45, 7) is 18.6. The fourth-order valence-electron chi connectivity index (χ4n) is 9.07. The Balaban J connectivity index is 1.48. The van der Waals surface area contributed by atoms with Gasteiger partial charge in [-0.25, -0.2) is 0 Å². The molecule has 3 saturated carbocycles. The van der Waals surface area contributed by atoms with Crippen LogP contribution >= 0.6 is 0 Å². The van der Waals surface area contributed by atoms with Crippen molar-refractivity contribution in [3.8, 4) is 0 Å². The van der Waals surface area contributed by atoms with E-state index in [0.29, 0.717) is 22.8 Å². The van der Waals surface area contributed by atoms with Crippen molar-refractivity contribution in [2.75, 3.05) is 13.1 Å². The van der Waals surface area contributed by atoms with E-state index in [-0.39, 0.29) is 0 Å². The minimum atomic E-state index is 0.388. The van der Waals surface area contributed by atoms with Crippen molar-refractivity contribution in [2.24, 2.45) is 45.4 Å². The minimum absolute atomic E-state index is 0.388. The minimum Gasteiger partial charge on any atom is -0.314 e. The molecule has 4 rings (SSSR count). The average Bonchev–Trinajstić information content (AvgIpc) is 3.33. The smallest absolute Gasteiger partial charge is 0.0403 e. The van der Waals surface area contributed by atoms with Crippen LogP contribution in [0.15, 0.2) is 29.3 Å². The molecule has 0 aromatic rings. The largest absolute Gasteiger partial charge is 0.314 e. The third kappa shape index (κ3) is 4.19. The molecule has 4 fully saturated rings. The van der Waals surface area contributed by atoms with Crippen LogP contribution in [0.4, 0.5) is 0 Å². The zero-order valence-corrected chi connectivity index (χ0v) is 21.8. The van der Waals surface area contributed by atoms with Gasteiger partial charge in [-0.15, -0.1) is 0 Å². The standard InChI is InChI=1S/C30H50N2/c1-7-9-23-10-11-24-26-13-12-25(22(4)31-20-16-28-21(3)15-19-32-28)30(26,6)18-14-27(24)29(23,5)17-8-2/h7,9,21,24-28,32H,1,8,10-20H2,2-6H3/b23-9-,31-22?. The van der Waals surface area contributed by atoms with Crippen LogP contribution in [0.5, 0.6) is 0 Å². The topological polar surface area (TPSA) is 24.4 Å². The second-order valence-corrected chi connectivity index (χ2v) is 12.3. The van der Waals surface area contributed by atoms with Crippen LogP contribution < -0.4 is 5.32 Å². The van der Waals surface area contributed by atoms with E-state index in [1.54, 1.807) is 5.57 Å². The fourth-order valence-corrected chi connectivity index (χ4v) is 9.07. The van der Waals surface area contributed by atoms with E-state index < -0.39 is 0 Å². The molecule has 2 nitrogen and oxygen atoms in total. The van der Waals surface area contributed by atoms with Gasteiger partial charge in [0, 0.05) is 24.2 Å². The summed E-state index contributed by atoms with van der Waals surface area (Å²) in [4.78, 5) is 5.20. The number of fused-ring (bicyclic) bond motifs is 3. The van der Waals surface area contributed by atoms with Gasteiger partial charge in [-0.3, -0.25) is 4.99 Å². The quantitative estimate of drug-likeness (QED) is 0.406. The van der Waals surface area contributed by atoms with Gasteiger partial charge >= 0.3 is 0 Å². The van der Waals surface area contributed by atoms with Gasteiger partial charge < -0.3 is 5.32 Å². The van der Waals surface area contributed by atoms with Crippen molar-refractivity contribution in [2.45, 2.75) is 105 Å². The van der Waals surface area contributed by atoms with Gasteiger partial charge in [0.2, 0.25) is 0 Å². The summed E-state index contributed by atoms with van der Waals surface area (Å²) in [6.07, 6.45) is 17.9. The molecule has 0 bridgehead atoms. The zero-order chi connectivity index (χ0) is 22.9. The lowest BCUT2D eigenvalue weighted by atomic mass is 9.47. The Bertz CT molecular complexity index is 735. The van der Waals surface area contributed by atoms with Crippen LogP contribution in [0.1, 0.15) is 98.8 Å². The highest BCUT2D eigenvalue weighted by molar-refractivity contribution is 5.85. The van der Waals surface area contributed by atoms with E-state index in [0.717, 1.165) is 30.2 Å². The highest BCUT2D eigenvalue weighted by atomic mass is 15.0. The van der Waals surface area contributed by atoms with Crippen molar-refractivity contribution in [1.29, 1.82) is 0 Å². The molecular weight excluding hydrogens is 388 g/mol. The van der Waals surface area contributed by atoms with Crippen LogP contribution in [-0.2, 0) is 0 Å². The Morgan fingerprint density at radius 1 is 1.16 bits per heavy atom. The summed E-state index contributed by atoms with van der Waals surface area (Å²) in [6, 6.07) is 0.685. The maximum atomic E-state index is 5.20. The SMILES string of the molecule is C=C/C=C1/CCC2C(CCC3(C)C(C(C)=NCCC4NCCC4C)CCC23)C1(C)CCC. The summed E-state index contributed by atoms with van der Waals surface area (Å²) in [5, 5.41) is 3.68. The molecule has 0 amide bonds. The third-order valence-electron chi connectivity index (χ3n) is 10.8. The van der Waals surface area contributed by atoms with E-state index in [1.807, 2.05) is 6.08 Å². The van der Waals surface area contributed by atoms with E-state index in [4.69, 9.17) is 4.99 Å². The number of nitrogens with zero attached hydrogens (tertiary/aromatic N) is 1. The van der Waals surface area contributed by atoms with Crippen LogP contribution in [-0.4, -0.2) is 24.8 Å². The van der Waals surface area contributed by atoms with E-state index in [1.165, 1.54) is 76.5 Å². The number of allylic oxidation sites excluding steroid dienone is 3. The Labute approximate surface area is 198 Å². The van der Waals surface area contributed by atoms with E-state index in [9.17, 15) is 0 Å². The molecule has 8 atom stereocenters. The van der Waals surface area contributed by atoms with Crippen LogP contribution in [0.25, 0.3) is 0 Å². The molecule has 3 aliphatic carbocycles. The number of rotatable bonds is 7. The molecule has 1 aliphatic heterocycles. The first kappa shape index (κ1) is 24.2. The normalized spacial score (nSPS) is 45.7. The first-order valence-corrected chi connectivity index (χ1v) is 13.9. The van der Waals surface area contributed by atoms with Gasteiger partial charge in [0.25, 0.3) is 0 Å². The third-order valence-corrected chi connectivity index (χ3v) is 10.8. The first-order valence-electron chi connectivity index (χ1n) is 13.9. The molecule has 32 heavy (non-hydrogen) atoms. The molecule has 1 saturated heterocycles. The highest BCUT2D eigenvalue weighted by Crippen LogP contribution is 2.66. The summed E-state index contributed by atoms with van der Waals surface area (Å²) in [5.41, 5.74) is 4.03. The monoisotopic (exact) mass is 438 g/mol. The van der Waals surface area contributed by atoms with Crippen LogP contribution in [0, 0.1) is 40.4 Å². The number of hydrogen-bond acceptors (Lipinski definition) is 2. The number of hydrogen-bond donors (Lipinski definition) is 1. The van der Waals surface area contributed by atoms with Gasteiger partial charge in [0.1, 0.15) is 0 Å². The van der Waals surface area contributed by atoms with Crippen molar-refractivity contribution in [3.63, 3.8) is 0 Å². The Morgan fingerprint density at radius 3 is 2.66 bits per heavy atom. The average molecular weight is 439 g/mol. The Morgan fingerprint density at radius 2 is 1.97 bits per heavy atom. The zero-order valence-electron chi connectivity index (χ0n) is 21.8. The van der Waals surface area contributed by atoms with Crippen molar-refractivity contribution < 1.29 is 0 Å². The van der Waals surface area contributed by atoms with Gasteiger partial charge in [-0.1, -0.05) is 58.4 Å². The molecule has 180 valence electrons. The molecule has 0 radical (unpaired) electrons. The maximum absolute atomic E-state index is 5.20. The summed E-state index contributed by atoms with van der Waals surface area (Å²) >= 11 is 0. The molecular formula is C30H50N2. The molecule has 0 spiro atoms. The molecule has 0 aromatic heterocycles. The van der Waals surface area contributed by atoms with Crippen molar-refractivity contribution in [1.82, 2.24) is 5.32 Å². The van der Waals surface area contributed by atoms with Gasteiger partial charge in [0.15, 0.2) is 0 Å². The number of nitrogens with one attached hydrogen (secondary N) is 1. The molecule has 1 N–H and O–H groups in total. The van der Waals surface area contributed by atoms with Crippen LogP contribution in [0.2, 0.25) is 0 Å². The molecule has 2 heteroatoms.